The third kappa shape index (κ3) is 18.5. The number of hydrogen-bond donors (Lipinski definition) is 3. The molecule has 0 aliphatic heterocycles. The topological polar surface area (TPSA) is 278 Å². The zero-order chi connectivity index (χ0) is 19.1. The summed E-state index contributed by atoms with van der Waals surface area (Å²) in [6, 6.07) is 0. The number of rotatable bonds is 6. The average Bonchev–Trinajstić information content (AvgIpc) is 2.32. The van der Waals surface area contributed by atoms with Crippen molar-refractivity contribution >= 4 is 23.5 Å². The molecule has 1 fully saturated rings. The third-order valence-corrected chi connectivity index (χ3v) is 4.28. The van der Waals surface area contributed by atoms with Gasteiger partial charge in [0, 0.05) is 0 Å². The molecule has 0 amide bonds. The van der Waals surface area contributed by atoms with Crippen molar-refractivity contribution in [3.05, 3.63) is 0 Å². The molecule has 0 heterocycles. The molecule has 15 nitrogen and oxygen atoms in total. The van der Waals surface area contributed by atoms with Gasteiger partial charge in [-0.2, -0.15) is 0 Å². The molecule has 0 aromatic heterocycles. The van der Waals surface area contributed by atoms with Gasteiger partial charge in [0.25, 0.3) is 0 Å². The summed E-state index contributed by atoms with van der Waals surface area (Å²) < 4.78 is 43.2. The minimum Gasteiger partial charge on any atom is -0.790 e. The third-order valence-electron chi connectivity index (χ3n) is 2.77. The number of phosphoric acid groups is 3. The quantitative estimate of drug-likeness (QED) is 0.204. The van der Waals surface area contributed by atoms with E-state index in [-0.39, 0.29) is 177 Å². The van der Waals surface area contributed by atoms with Gasteiger partial charge in [0.1, 0.15) is 36.6 Å². The molecule has 1 saturated carbocycles. The van der Waals surface area contributed by atoms with Crippen molar-refractivity contribution in [1.82, 2.24) is 0 Å². The van der Waals surface area contributed by atoms with Crippen molar-refractivity contribution in [2.75, 3.05) is 0 Å². The first-order valence-electron chi connectivity index (χ1n) is 5.67. The second-order valence-corrected chi connectivity index (χ2v) is 7.84. The molecular weight excluding hydrogens is 543 g/mol. The molecule has 1 aliphatic rings. The molecular formula is C6H9Na6O15P3. The molecule has 3 N–H and O–H groups in total. The summed E-state index contributed by atoms with van der Waals surface area (Å²) in [4.78, 5) is 63.9. The fourth-order valence-electron chi connectivity index (χ4n) is 1.98. The van der Waals surface area contributed by atoms with Crippen LogP contribution in [0.4, 0.5) is 0 Å². The first-order chi connectivity index (χ1) is 10.5. The van der Waals surface area contributed by atoms with Crippen LogP contribution in [0.2, 0.25) is 0 Å². The summed E-state index contributed by atoms with van der Waals surface area (Å²) in [6.07, 6.45) is -15.7. The monoisotopic (exact) mass is 552 g/mol. The number of phosphoric ester groups is 3. The van der Waals surface area contributed by atoms with Gasteiger partial charge in [0.2, 0.25) is 0 Å². The molecule has 1 rings (SSSR count). The molecule has 0 radical (unpaired) electrons. The van der Waals surface area contributed by atoms with Crippen molar-refractivity contribution in [3.8, 4) is 0 Å². The van der Waals surface area contributed by atoms with E-state index in [1.54, 1.807) is 0 Å². The zero-order valence-corrected chi connectivity index (χ0v) is 31.7. The van der Waals surface area contributed by atoms with Crippen LogP contribution in [0.25, 0.3) is 0 Å². The van der Waals surface area contributed by atoms with Gasteiger partial charge in [-0.05, 0) is 0 Å². The van der Waals surface area contributed by atoms with E-state index in [4.69, 9.17) is 0 Å². The molecule has 0 saturated heterocycles. The maximum absolute atomic E-state index is 10.7. The van der Waals surface area contributed by atoms with E-state index < -0.39 is 60.1 Å². The van der Waals surface area contributed by atoms with Gasteiger partial charge < -0.3 is 71.9 Å². The van der Waals surface area contributed by atoms with Gasteiger partial charge in [0.15, 0.2) is 0 Å². The van der Waals surface area contributed by atoms with Crippen LogP contribution in [0.1, 0.15) is 0 Å². The summed E-state index contributed by atoms with van der Waals surface area (Å²) in [5.41, 5.74) is 0. The summed E-state index contributed by atoms with van der Waals surface area (Å²) in [5, 5.41) is 28.6. The van der Waals surface area contributed by atoms with Crippen LogP contribution in [0.3, 0.4) is 0 Å². The minimum absolute atomic E-state index is 0. The second kappa shape index (κ2) is 20.2. The number of hydrogen-bond acceptors (Lipinski definition) is 15. The molecule has 24 heteroatoms. The maximum Gasteiger partial charge on any atom is 1.00 e. The van der Waals surface area contributed by atoms with Crippen LogP contribution in [-0.2, 0) is 27.3 Å². The van der Waals surface area contributed by atoms with E-state index in [9.17, 15) is 58.4 Å². The van der Waals surface area contributed by atoms with Gasteiger partial charge in [-0.25, -0.2) is 0 Å². The standard InChI is InChI=1S/C6H15O15P3.6Na/c7-1-2(8)4(19-22(10,11)12)6(21-24(16,17)18)5(3(1)9)20-23(13,14)15;;;;;;/h1-9H,(H2,10,11,12)(H2,13,14,15)(H2,16,17,18);;;;;;/q;6*+1/p-6/t1?,2-,3-,4-,5+,6?;;;;;;/m0....../s1. The molecule has 30 heavy (non-hydrogen) atoms. The van der Waals surface area contributed by atoms with Gasteiger partial charge in [0.05, 0.1) is 23.5 Å². The Kier molecular flexibility index (Phi) is 33.1. The predicted molar refractivity (Wildman–Crippen MR) is 55.5 cm³/mol. The first-order valence-corrected chi connectivity index (χ1v) is 10.1. The summed E-state index contributed by atoms with van der Waals surface area (Å²) >= 11 is 0. The average molecular weight is 552 g/mol. The van der Waals surface area contributed by atoms with Crippen LogP contribution >= 0.6 is 23.5 Å². The van der Waals surface area contributed by atoms with Crippen LogP contribution in [0.15, 0.2) is 0 Å². The molecule has 6 atom stereocenters. The van der Waals surface area contributed by atoms with Crippen LogP contribution in [0, 0.1) is 0 Å². The van der Waals surface area contributed by atoms with E-state index in [0.29, 0.717) is 0 Å². The van der Waals surface area contributed by atoms with Crippen LogP contribution in [0.5, 0.6) is 0 Å². The zero-order valence-electron chi connectivity index (χ0n) is 17.0. The summed E-state index contributed by atoms with van der Waals surface area (Å²) in [5.74, 6) is 0. The van der Waals surface area contributed by atoms with E-state index in [1.807, 2.05) is 0 Å². The second-order valence-electron chi connectivity index (χ2n) is 4.52. The molecule has 2 unspecified atom stereocenters. The summed E-state index contributed by atoms with van der Waals surface area (Å²) in [7, 11) is -18.1. The maximum atomic E-state index is 10.7. The Morgan fingerprint density at radius 1 is 0.467 bits per heavy atom. The Morgan fingerprint density at radius 2 is 0.667 bits per heavy atom. The molecule has 144 valence electrons. The van der Waals surface area contributed by atoms with Crippen molar-refractivity contribution in [3.63, 3.8) is 0 Å². The number of aliphatic hydroxyl groups excluding tert-OH is 3. The van der Waals surface area contributed by atoms with E-state index in [2.05, 4.69) is 13.6 Å². The van der Waals surface area contributed by atoms with Crippen molar-refractivity contribution in [2.45, 2.75) is 36.6 Å². The van der Waals surface area contributed by atoms with Crippen molar-refractivity contribution in [1.29, 1.82) is 0 Å². The predicted octanol–water partition coefficient (Wildman–Crippen LogP) is -25.3. The fourth-order valence-corrected chi connectivity index (χ4v) is 3.60. The van der Waals surface area contributed by atoms with Crippen LogP contribution < -0.4 is 207 Å². The van der Waals surface area contributed by atoms with Crippen LogP contribution in [-0.4, -0.2) is 51.9 Å². The number of aliphatic hydroxyl groups is 3. The Labute approximate surface area is 303 Å². The van der Waals surface area contributed by atoms with Crippen molar-refractivity contribution < 1.29 is 249 Å². The van der Waals surface area contributed by atoms with Gasteiger partial charge in [-0.1, -0.05) is 0 Å². The summed E-state index contributed by atoms with van der Waals surface area (Å²) in [6.45, 7) is 0. The molecule has 0 bridgehead atoms. The Balaban J connectivity index is -0.000000240. The Morgan fingerprint density at radius 3 is 0.867 bits per heavy atom. The smallest absolute Gasteiger partial charge is 0.790 e. The van der Waals surface area contributed by atoms with E-state index >= 15 is 0 Å². The first kappa shape index (κ1) is 49.2. The van der Waals surface area contributed by atoms with Crippen molar-refractivity contribution in [2.24, 2.45) is 0 Å². The largest absolute Gasteiger partial charge is 1.00 e. The van der Waals surface area contributed by atoms with Gasteiger partial charge in [-0.15, -0.1) is 0 Å². The molecule has 1 aliphatic carbocycles. The molecule has 0 aromatic rings. The van der Waals surface area contributed by atoms with E-state index in [1.165, 1.54) is 0 Å². The Bertz CT molecular complexity index is 557. The van der Waals surface area contributed by atoms with Gasteiger partial charge in [-0.3, -0.25) is 0 Å². The fraction of sp³-hybridized carbons (Fsp3) is 1.00. The van der Waals surface area contributed by atoms with Gasteiger partial charge >= 0.3 is 177 Å². The minimum atomic E-state index is -6.06. The molecule has 0 aromatic carbocycles. The van der Waals surface area contributed by atoms with E-state index in [0.717, 1.165) is 0 Å². The normalized spacial score (nSPS) is 28.7. The Hall–Kier alpha value is 6.21. The SMILES string of the molecule is O=P([O-])([O-])OC1[C@@H](OP(=O)([O-])[O-])[C@@H](O)C(O)[C@H](O)[C@H]1OP(=O)([O-])[O-].[Na+].[Na+].[Na+].[Na+].[Na+].[Na+]. The molecule has 0 spiro atoms.